The van der Waals surface area contributed by atoms with Crippen molar-refractivity contribution in [2.45, 2.75) is 0 Å². The highest BCUT2D eigenvalue weighted by molar-refractivity contribution is 6.29. The van der Waals surface area contributed by atoms with E-state index >= 15 is 0 Å². The topological polar surface area (TPSA) is 107 Å². The Balaban J connectivity index is 0.000000102. The van der Waals surface area contributed by atoms with Crippen LogP contribution in [-0.2, 0) is 0 Å². The van der Waals surface area contributed by atoms with E-state index in [9.17, 15) is 0 Å². The zero-order valence-electron chi connectivity index (χ0n) is 76.6. The zero-order chi connectivity index (χ0) is 93.1. The van der Waals surface area contributed by atoms with Crippen LogP contribution < -0.4 is 0 Å². The van der Waals surface area contributed by atoms with Gasteiger partial charge in [0, 0.05) is 121 Å². The van der Waals surface area contributed by atoms with Gasteiger partial charge in [-0.15, -0.1) is 0 Å². The van der Waals surface area contributed by atoms with Crippen molar-refractivity contribution in [2.75, 3.05) is 0 Å². The standard InChI is InChI=1S/C48H30N4.C42H26N4.C40H24N4/c1-3-13-31(14-4-1)45-46(50-42-20-10-9-19-41(42)49-45)34-24-23-33-30-36(26-25-32(33)29-34)52-44-22-12-8-18-38(44)40-28-27-39-37-17-7-11-21-43(37)51(47(39)48(40)52)35-15-5-2-6-16-35;1-2-10-30(11-3-1)45-39-16-8-4-12-32(39)34-22-23-35-33-13-5-9-17-40(33)46(42(35)41(34)45)31-21-20-27-24-29(19-18-28(27)25-31)38-26-43-36-14-6-7-15-37(36)44-38;1-2-12-25(13-3-1)43-34-20-10-8-16-28(34)32-22-23-33-29-17-9-11-21-35(29)44(40(33)39(32)43)36-24-41-37-30-18-6-4-14-26(30)27-15-5-7-19-31(27)38(37)42-36/h1-30H;1-26H;1-24H. The number of fused-ring (bicyclic) bond motifs is 31. The van der Waals surface area contributed by atoms with Crippen LogP contribution in [0.2, 0.25) is 0 Å². The third-order valence-electron chi connectivity index (χ3n) is 28.9. The lowest BCUT2D eigenvalue weighted by Gasteiger charge is -2.14. The highest BCUT2D eigenvalue weighted by Gasteiger charge is 2.28. The Bertz CT molecular complexity index is 10600. The molecule has 12 heteroatoms. The van der Waals surface area contributed by atoms with Gasteiger partial charge in [-0.05, 0) is 166 Å². The molecular weight excluding hydrogens is 1730 g/mol. The number of rotatable bonds is 9. The fourth-order valence-corrected chi connectivity index (χ4v) is 22.7. The van der Waals surface area contributed by atoms with Crippen molar-refractivity contribution < 1.29 is 0 Å². The largest absolute Gasteiger partial charge is 0.307 e. The first-order chi connectivity index (χ1) is 70.5. The smallest absolute Gasteiger partial charge is 0.157 e. The van der Waals surface area contributed by atoms with Gasteiger partial charge in [-0.2, -0.15) is 0 Å². The van der Waals surface area contributed by atoms with Crippen molar-refractivity contribution in [3.63, 3.8) is 0 Å². The van der Waals surface area contributed by atoms with Crippen LogP contribution in [0.3, 0.4) is 0 Å². The number of nitrogens with zero attached hydrogens (tertiary/aromatic N) is 12. The van der Waals surface area contributed by atoms with E-state index in [1.54, 1.807) is 0 Å². The predicted octanol–water partition coefficient (Wildman–Crippen LogP) is 33.1. The quantitative estimate of drug-likeness (QED) is 0.133. The van der Waals surface area contributed by atoms with E-state index in [1.165, 1.54) is 136 Å². The molecule has 0 aliphatic carbocycles. The Kier molecular flexibility index (Phi) is 18.1. The minimum absolute atomic E-state index is 0.807. The molecule has 0 atom stereocenters. The van der Waals surface area contributed by atoms with E-state index in [1.807, 2.05) is 67.0 Å². The maximum absolute atomic E-state index is 5.45. The van der Waals surface area contributed by atoms with Gasteiger partial charge in [-0.25, -0.2) is 19.9 Å². The van der Waals surface area contributed by atoms with Gasteiger partial charge in [0.1, 0.15) is 0 Å². The molecule has 0 N–H and O–H groups in total. The lowest BCUT2D eigenvalue weighted by Crippen LogP contribution is -2.02. The lowest BCUT2D eigenvalue weighted by atomic mass is 10.00. The molecule has 0 saturated heterocycles. The first-order valence-electron chi connectivity index (χ1n) is 48.2. The van der Waals surface area contributed by atoms with E-state index in [2.05, 4.69) is 451 Å². The highest BCUT2D eigenvalue weighted by atomic mass is 15.1. The predicted molar refractivity (Wildman–Crippen MR) is 591 cm³/mol. The second-order valence-electron chi connectivity index (χ2n) is 36.7. The number of hydrogen-bond donors (Lipinski definition) is 0. The van der Waals surface area contributed by atoms with Crippen LogP contribution in [0, 0.1) is 0 Å². The molecule has 0 fully saturated rings. The zero-order valence-corrected chi connectivity index (χ0v) is 76.6. The van der Waals surface area contributed by atoms with Gasteiger partial charge in [0.15, 0.2) is 5.82 Å². The molecule has 31 aromatic rings. The molecule has 9 aromatic heterocycles. The second-order valence-corrected chi connectivity index (χ2v) is 36.7. The summed E-state index contributed by atoms with van der Waals surface area (Å²) in [6, 6.07) is 169. The summed E-state index contributed by atoms with van der Waals surface area (Å²) in [7, 11) is 0. The van der Waals surface area contributed by atoms with Gasteiger partial charge in [0.2, 0.25) is 0 Å². The molecule has 12 nitrogen and oxygen atoms in total. The van der Waals surface area contributed by atoms with Crippen LogP contribution >= 0.6 is 0 Å². The van der Waals surface area contributed by atoms with E-state index < -0.39 is 0 Å². The van der Waals surface area contributed by atoms with E-state index in [-0.39, 0.29) is 0 Å². The van der Waals surface area contributed by atoms with Crippen LogP contribution in [0.15, 0.2) is 486 Å². The maximum Gasteiger partial charge on any atom is 0.157 e. The third kappa shape index (κ3) is 12.5. The maximum atomic E-state index is 5.45. The molecule has 0 radical (unpaired) electrons. The van der Waals surface area contributed by atoms with Crippen LogP contribution in [0.25, 0.3) is 275 Å². The Labute approximate surface area is 812 Å². The van der Waals surface area contributed by atoms with Crippen LogP contribution in [0.4, 0.5) is 0 Å². The fourth-order valence-electron chi connectivity index (χ4n) is 22.7. The first kappa shape index (κ1) is 80.0. The van der Waals surface area contributed by atoms with Gasteiger partial charge in [-0.3, -0.25) is 14.5 Å². The molecule has 142 heavy (non-hydrogen) atoms. The summed E-state index contributed by atoms with van der Waals surface area (Å²) in [4.78, 5) is 30.4. The lowest BCUT2D eigenvalue weighted by molar-refractivity contribution is 1.07. The number of benzene rings is 22. The summed E-state index contributed by atoms with van der Waals surface area (Å²) in [6.07, 6.45) is 3.82. The summed E-state index contributed by atoms with van der Waals surface area (Å²) in [5.74, 6) is 0.807. The molecule has 0 aliphatic heterocycles. The van der Waals surface area contributed by atoms with Gasteiger partial charge < -0.3 is 22.8 Å². The molecule has 0 amide bonds. The molecule has 0 bridgehead atoms. The molecule has 31 rings (SSSR count). The third-order valence-corrected chi connectivity index (χ3v) is 28.9. The molecule has 0 spiro atoms. The normalized spacial score (nSPS) is 11.9. The summed E-state index contributed by atoms with van der Waals surface area (Å²) in [5.41, 5.74) is 31.1. The summed E-state index contributed by atoms with van der Waals surface area (Å²) >= 11 is 0. The molecule has 0 unspecified atom stereocenters. The van der Waals surface area contributed by atoms with Gasteiger partial charge >= 0.3 is 0 Å². The van der Waals surface area contributed by atoms with Crippen molar-refractivity contribution in [1.82, 2.24) is 57.3 Å². The Morgan fingerprint density at radius 2 is 0.444 bits per heavy atom. The highest BCUT2D eigenvalue weighted by Crippen LogP contribution is 2.48. The molecule has 0 saturated carbocycles. The van der Waals surface area contributed by atoms with E-state index in [0.29, 0.717) is 0 Å². The average Bonchev–Trinajstić information content (AvgIpc) is 1.55. The minimum Gasteiger partial charge on any atom is -0.307 e. The fraction of sp³-hybridized carbons (Fsp3) is 0. The number of hydrogen-bond acceptors (Lipinski definition) is 6. The van der Waals surface area contributed by atoms with E-state index in [4.69, 9.17) is 24.9 Å². The van der Waals surface area contributed by atoms with Crippen molar-refractivity contribution >= 4 is 207 Å². The van der Waals surface area contributed by atoms with E-state index in [0.717, 1.165) is 139 Å². The van der Waals surface area contributed by atoms with Crippen LogP contribution in [-0.4, -0.2) is 57.3 Å². The minimum atomic E-state index is 0.807. The Morgan fingerprint density at radius 3 is 0.852 bits per heavy atom. The van der Waals surface area contributed by atoms with Crippen LogP contribution in [0.1, 0.15) is 0 Å². The van der Waals surface area contributed by atoms with Crippen molar-refractivity contribution in [1.29, 1.82) is 0 Å². The monoisotopic (exact) mass is 1810 g/mol. The Hall–Kier alpha value is -19.3. The number of aromatic nitrogens is 12. The van der Waals surface area contributed by atoms with Crippen molar-refractivity contribution in [3.8, 4) is 68.0 Å². The van der Waals surface area contributed by atoms with Gasteiger partial charge in [-0.1, -0.05) is 340 Å². The number of para-hydroxylation sites is 13. The molecular formula is C130H80N12. The SMILES string of the molecule is c1ccc(-c2nc3ccccc3nc2-c2ccc3cc(-n4c5ccccc5c5ccc6c7ccccc7n(-c7ccccc7)c6c54)ccc3c2)cc1.c1ccc(-n2c3ccccc3c3ccc4c5ccccc5n(-c5ccc6cc(-c7cnc8ccccc8n7)ccc6c5)c4c32)cc1.c1ccc(-n2c3ccccc3c3ccc4c5ccccc5n(-c5cnc6c7ccccc7c7ccccc7c6n5)c4c32)cc1. The van der Waals surface area contributed by atoms with Gasteiger partial charge in [0.05, 0.1) is 129 Å². The van der Waals surface area contributed by atoms with Gasteiger partial charge in [0.25, 0.3) is 0 Å². The molecule has 22 aromatic carbocycles. The first-order valence-corrected chi connectivity index (χ1v) is 48.2. The Morgan fingerprint density at radius 1 is 0.155 bits per heavy atom. The summed E-state index contributed by atoms with van der Waals surface area (Å²) < 4.78 is 14.5. The molecule has 0 aliphatic rings. The summed E-state index contributed by atoms with van der Waals surface area (Å²) in [6.45, 7) is 0. The molecule has 660 valence electrons. The van der Waals surface area contributed by atoms with Crippen molar-refractivity contribution in [3.05, 3.63) is 486 Å². The summed E-state index contributed by atoms with van der Waals surface area (Å²) in [5, 5.41) is 24.1. The molecule has 9 heterocycles. The average molecular weight is 1810 g/mol. The van der Waals surface area contributed by atoms with Crippen molar-refractivity contribution in [2.24, 2.45) is 0 Å². The van der Waals surface area contributed by atoms with Crippen LogP contribution in [0.5, 0.6) is 0 Å². The second kappa shape index (κ2) is 32.2.